The normalized spacial score (nSPS) is 19.1. The molecule has 2 atom stereocenters. The number of alkyl halides is 3. The highest BCUT2D eigenvalue weighted by molar-refractivity contribution is 7.89. The number of nitrogens with zero attached hydrogens (tertiary/aromatic N) is 4. The van der Waals surface area contributed by atoms with Crippen LogP contribution in [0.15, 0.2) is 54.1 Å². The lowest BCUT2D eigenvalue weighted by atomic mass is 9.91. The van der Waals surface area contributed by atoms with Gasteiger partial charge in [-0.25, -0.2) is 18.1 Å². The monoisotopic (exact) mass is 497 g/mol. The van der Waals surface area contributed by atoms with Gasteiger partial charge in [0.15, 0.2) is 0 Å². The van der Waals surface area contributed by atoms with Gasteiger partial charge in [-0.2, -0.15) is 0 Å². The van der Waals surface area contributed by atoms with Crippen molar-refractivity contribution in [3.8, 4) is 22.8 Å². The second kappa shape index (κ2) is 9.58. The van der Waals surface area contributed by atoms with Crippen molar-refractivity contribution in [1.29, 1.82) is 0 Å². The first-order chi connectivity index (χ1) is 16.1. The Labute approximate surface area is 194 Å². The Morgan fingerprint density at radius 1 is 1.15 bits per heavy atom. The molecule has 2 heterocycles. The number of ether oxygens (including phenoxy) is 2. The molecule has 0 aliphatic heterocycles. The lowest BCUT2D eigenvalue weighted by Crippen LogP contribution is -2.38. The Morgan fingerprint density at radius 3 is 2.62 bits per heavy atom. The third-order valence-corrected chi connectivity index (χ3v) is 7.03. The van der Waals surface area contributed by atoms with E-state index in [0.29, 0.717) is 18.4 Å². The fourth-order valence-corrected chi connectivity index (χ4v) is 5.42. The average Bonchev–Trinajstić information content (AvgIpc) is 3.33. The van der Waals surface area contributed by atoms with Crippen molar-refractivity contribution in [1.82, 2.24) is 24.5 Å². The zero-order valence-corrected chi connectivity index (χ0v) is 18.9. The van der Waals surface area contributed by atoms with Gasteiger partial charge in [0.25, 0.3) is 0 Å². The minimum atomic E-state index is -5.00. The fourth-order valence-electron chi connectivity index (χ4n) is 4.07. The zero-order chi connectivity index (χ0) is 24.3. The van der Waals surface area contributed by atoms with Gasteiger partial charge in [0, 0.05) is 29.9 Å². The number of halogens is 3. The number of sulfonamides is 1. The summed E-state index contributed by atoms with van der Waals surface area (Å²) < 4.78 is 79.0. The van der Waals surface area contributed by atoms with E-state index >= 15 is 0 Å². The van der Waals surface area contributed by atoms with Crippen molar-refractivity contribution in [2.75, 3.05) is 7.11 Å². The average molecular weight is 497 g/mol. The molecule has 34 heavy (non-hydrogen) atoms. The second-order valence-corrected chi connectivity index (χ2v) is 9.56. The second-order valence-electron chi connectivity index (χ2n) is 7.85. The molecule has 0 unspecified atom stereocenters. The lowest BCUT2D eigenvalue weighted by Gasteiger charge is -2.30. The zero-order valence-electron chi connectivity index (χ0n) is 18.1. The van der Waals surface area contributed by atoms with Gasteiger partial charge in [-0.05, 0) is 55.5 Å². The highest BCUT2D eigenvalue weighted by atomic mass is 32.2. The number of nitrogens with one attached hydrogen (secondary N) is 1. The van der Waals surface area contributed by atoms with E-state index in [0.717, 1.165) is 25.0 Å². The van der Waals surface area contributed by atoms with Crippen LogP contribution >= 0.6 is 0 Å². The number of methoxy groups -OCH3 is 1. The summed E-state index contributed by atoms with van der Waals surface area (Å²) in [5.74, 6) is -0.533. The highest BCUT2D eigenvalue weighted by Crippen LogP contribution is 2.35. The Kier molecular flexibility index (Phi) is 6.75. The molecule has 1 aromatic carbocycles. The predicted octanol–water partition coefficient (Wildman–Crippen LogP) is 3.71. The van der Waals surface area contributed by atoms with Gasteiger partial charge in [-0.15, -0.1) is 23.4 Å². The summed E-state index contributed by atoms with van der Waals surface area (Å²) in [6.45, 7) is 0. The molecule has 2 aromatic heterocycles. The molecule has 1 aliphatic carbocycles. The number of benzene rings is 1. The molecule has 9 nitrogen and oxygen atoms in total. The largest absolute Gasteiger partial charge is 0.573 e. The van der Waals surface area contributed by atoms with Gasteiger partial charge in [-0.3, -0.25) is 0 Å². The summed E-state index contributed by atoms with van der Waals surface area (Å²) in [5, 5.41) is 7.58. The van der Waals surface area contributed by atoms with E-state index in [4.69, 9.17) is 4.74 Å². The van der Waals surface area contributed by atoms with Crippen LogP contribution in [-0.2, 0) is 10.0 Å². The minimum Gasteiger partial charge on any atom is -0.481 e. The number of hydrogen-bond donors (Lipinski definition) is 1. The van der Waals surface area contributed by atoms with Crippen molar-refractivity contribution < 1.29 is 31.1 Å². The maximum Gasteiger partial charge on any atom is 0.573 e. The Morgan fingerprint density at radius 2 is 1.91 bits per heavy atom. The van der Waals surface area contributed by atoms with Crippen molar-refractivity contribution in [2.24, 2.45) is 0 Å². The van der Waals surface area contributed by atoms with E-state index < -0.39 is 28.2 Å². The number of hydrogen-bond acceptors (Lipinski definition) is 7. The highest BCUT2D eigenvalue weighted by Gasteiger charge is 2.33. The van der Waals surface area contributed by atoms with Crippen LogP contribution in [0.5, 0.6) is 11.6 Å². The molecule has 0 spiro atoms. The molecule has 0 saturated heterocycles. The van der Waals surface area contributed by atoms with E-state index in [9.17, 15) is 21.6 Å². The Hall–Kier alpha value is -3.19. The van der Waals surface area contributed by atoms with Gasteiger partial charge in [0.05, 0.1) is 12.0 Å². The maximum atomic E-state index is 13.2. The predicted molar refractivity (Wildman–Crippen MR) is 115 cm³/mol. The molecule has 3 aromatic rings. The van der Waals surface area contributed by atoms with Crippen molar-refractivity contribution in [3.05, 3.63) is 49.2 Å². The molecular weight excluding hydrogens is 475 g/mol. The Bertz CT molecular complexity index is 1240. The number of pyridine rings is 1. The van der Waals surface area contributed by atoms with Crippen molar-refractivity contribution in [2.45, 2.75) is 49.0 Å². The van der Waals surface area contributed by atoms with Crippen LogP contribution in [-0.4, -0.2) is 47.7 Å². The molecule has 1 fully saturated rings. The molecule has 0 bridgehead atoms. The molecule has 4 rings (SSSR count). The summed E-state index contributed by atoms with van der Waals surface area (Å²) in [6, 6.07) is 5.95. The van der Waals surface area contributed by atoms with E-state index in [-0.39, 0.29) is 22.4 Å². The summed E-state index contributed by atoms with van der Waals surface area (Å²) in [5.41, 5.74) is 0.470. The standard InChI is InChI=1S/C21H22F3N5O4S/c1-32-20-19(6-3-7-25-20)14-8-17(33-21(22,23)24)11-18(9-14)34(30,31)28-15-4-2-5-16(10-15)29-12-26-27-13-29/h3,6-9,11-13,15-16,28H,2,4-5,10H2,1H3/t15-,16+/m0/s1. The van der Waals surface area contributed by atoms with Gasteiger partial charge < -0.3 is 14.0 Å². The van der Waals surface area contributed by atoms with Gasteiger partial charge >= 0.3 is 6.36 Å². The van der Waals surface area contributed by atoms with Gasteiger partial charge in [0.2, 0.25) is 15.9 Å². The third kappa shape index (κ3) is 5.65. The lowest BCUT2D eigenvalue weighted by molar-refractivity contribution is -0.274. The maximum absolute atomic E-state index is 13.2. The fraction of sp³-hybridized carbons (Fsp3) is 0.381. The van der Waals surface area contributed by atoms with Crippen LogP contribution < -0.4 is 14.2 Å². The van der Waals surface area contributed by atoms with E-state index in [2.05, 4.69) is 24.6 Å². The van der Waals surface area contributed by atoms with E-state index in [1.807, 2.05) is 4.57 Å². The van der Waals surface area contributed by atoms with E-state index in [1.165, 1.54) is 19.4 Å². The first-order valence-electron chi connectivity index (χ1n) is 10.4. The first-order valence-corrected chi connectivity index (χ1v) is 11.9. The van der Waals surface area contributed by atoms with Crippen LogP contribution in [0.1, 0.15) is 31.7 Å². The van der Waals surface area contributed by atoms with Crippen LogP contribution in [0.25, 0.3) is 11.1 Å². The first kappa shape index (κ1) is 24.0. The number of aromatic nitrogens is 4. The molecule has 1 aliphatic rings. The van der Waals surface area contributed by atoms with Gasteiger partial charge in [-0.1, -0.05) is 0 Å². The topological polar surface area (TPSA) is 108 Å². The smallest absolute Gasteiger partial charge is 0.481 e. The summed E-state index contributed by atoms with van der Waals surface area (Å²) in [4.78, 5) is 3.67. The van der Waals surface area contributed by atoms with Crippen LogP contribution in [0.4, 0.5) is 13.2 Å². The van der Waals surface area contributed by atoms with Crippen molar-refractivity contribution >= 4 is 10.0 Å². The van der Waals surface area contributed by atoms with Crippen LogP contribution in [0, 0.1) is 0 Å². The van der Waals surface area contributed by atoms with Crippen molar-refractivity contribution in [3.63, 3.8) is 0 Å². The van der Waals surface area contributed by atoms with Gasteiger partial charge in [0.1, 0.15) is 18.4 Å². The SMILES string of the molecule is COc1ncccc1-c1cc(OC(F)(F)F)cc(S(=O)(=O)N[C@H]2CCC[C@@H](n3cnnc3)C2)c1. The quantitative estimate of drug-likeness (QED) is 0.530. The summed E-state index contributed by atoms with van der Waals surface area (Å²) in [6.07, 6.45) is 2.31. The molecule has 1 N–H and O–H groups in total. The molecule has 182 valence electrons. The molecule has 0 radical (unpaired) electrons. The molecular formula is C21H22F3N5O4S. The summed E-state index contributed by atoms with van der Waals surface area (Å²) in [7, 11) is -2.82. The molecule has 1 saturated carbocycles. The summed E-state index contributed by atoms with van der Waals surface area (Å²) >= 11 is 0. The van der Waals surface area contributed by atoms with Crippen LogP contribution in [0.2, 0.25) is 0 Å². The number of rotatable bonds is 7. The van der Waals surface area contributed by atoms with E-state index in [1.54, 1.807) is 24.8 Å². The molecule has 13 heteroatoms. The Balaban J connectivity index is 1.66. The minimum absolute atomic E-state index is 0.0200. The molecule has 0 amide bonds. The third-order valence-electron chi connectivity index (χ3n) is 5.53. The van der Waals surface area contributed by atoms with Crippen LogP contribution in [0.3, 0.4) is 0 Å².